The summed E-state index contributed by atoms with van der Waals surface area (Å²) in [4.78, 5) is 15.9. The summed E-state index contributed by atoms with van der Waals surface area (Å²) in [7, 11) is 4.83. The molecule has 0 bridgehead atoms. The van der Waals surface area contributed by atoms with Gasteiger partial charge < -0.3 is 29.0 Å². The van der Waals surface area contributed by atoms with Crippen LogP contribution in [0.4, 0.5) is 0 Å². The second-order valence-corrected chi connectivity index (χ2v) is 11.1. The van der Waals surface area contributed by atoms with Crippen molar-refractivity contribution >= 4 is 5.91 Å². The maximum atomic E-state index is 14.0. The molecule has 2 heterocycles. The molecule has 0 saturated carbocycles. The summed E-state index contributed by atoms with van der Waals surface area (Å²) in [5.41, 5.74) is 5.98. The average Bonchev–Trinajstić information content (AvgIpc) is 3.55. The first kappa shape index (κ1) is 30.8. The maximum Gasteiger partial charge on any atom is 0.273 e. The number of hydrogen-bond donors (Lipinski definition) is 2. The third kappa shape index (κ3) is 5.91. The predicted octanol–water partition coefficient (Wildman–Crippen LogP) is 6.78. The van der Waals surface area contributed by atoms with Crippen LogP contribution in [0.2, 0.25) is 0 Å². The van der Waals surface area contributed by atoms with E-state index in [0.717, 1.165) is 47.1 Å². The van der Waals surface area contributed by atoms with Crippen LogP contribution in [0.5, 0.6) is 28.7 Å². The van der Waals surface area contributed by atoms with Crippen LogP contribution in [-0.4, -0.2) is 60.6 Å². The summed E-state index contributed by atoms with van der Waals surface area (Å²) in [5.74, 6) is 2.50. The third-order valence-electron chi connectivity index (χ3n) is 8.16. The molecule has 0 aliphatic carbocycles. The largest absolute Gasteiger partial charge is 0.507 e. The van der Waals surface area contributed by atoms with Crippen molar-refractivity contribution in [3.05, 3.63) is 82.0 Å². The van der Waals surface area contributed by atoms with Crippen molar-refractivity contribution in [1.82, 2.24) is 15.1 Å². The van der Waals surface area contributed by atoms with Gasteiger partial charge in [0, 0.05) is 17.7 Å². The van der Waals surface area contributed by atoms with Gasteiger partial charge in [0.05, 0.1) is 34.0 Å². The van der Waals surface area contributed by atoms with Crippen LogP contribution in [0.25, 0.3) is 11.3 Å². The standard InChI is InChI=1S/C35H41N3O6/c1-7-8-9-16-44-27-13-11-24(20-29(27)43-6)34-31-32(30-22(3)17-21(2)18-25(30)39)36-37-33(31)35(40)38(34)15-14-23-10-12-26(41-4)28(19-23)42-5/h10-13,17-20,34,39H,7-9,14-16H2,1-6H3,(H,36,37). The van der Waals surface area contributed by atoms with Crippen molar-refractivity contribution in [2.24, 2.45) is 0 Å². The number of carbonyl (C=O) groups excluding carboxylic acids is 1. The van der Waals surface area contributed by atoms with E-state index in [2.05, 4.69) is 17.1 Å². The highest BCUT2D eigenvalue weighted by molar-refractivity contribution is 6.00. The van der Waals surface area contributed by atoms with Gasteiger partial charge in [-0.2, -0.15) is 5.10 Å². The van der Waals surface area contributed by atoms with Gasteiger partial charge in [0.25, 0.3) is 5.91 Å². The SMILES string of the molecule is CCCCCOc1ccc(C2c3c(-c4c(C)cc(C)cc4O)n[nH]c3C(=O)N2CCc2ccc(OC)c(OC)c2)cc1OC. The molecule has 4 aromatic rings. The number of unbranched alkanes of at least 4 members (excludes halogenated alkanes) is 2. The van der Waals surface area contributed by atoms with Gasteiger partial charge in [0.1, 0.15) is 17.1 Å². The maximum absolute atomic E-state index is 14.0. The minimum atomic E-state index is -0.477. The van der Waals surface area contributed by atoms with Gasteiger partial charge in [-0.25, -0.2) is 0 Å². The molecule has 1 aliphatic rings. The van der Waals surface area contributed by atoms with E-state index in [-0.39, 0.29) is 11.7 Å². The van der Waals surface area contributed by atoms with Gasteiger partial charge in [-0.05, 0) is 79.3 Å². The van der Waals surface area contributed by atoms with E-state index in [1.54, 1.807) is 27.4 Å². The summed E-state index contributed by atoms with van der Waals surface area (Å²) in [5, 5.41) is 18.6. The van der Waals surface area contributed by atoms with Crippen LogP contribution in [0.3, 0.4) is 0 Å². The molecule has 1 unspecified atom stereocenters. The van der Waals surface area contributed by atoms with Crippen LogP contribution in [0.1, 0.15) is 70.5 Å². The number of H-pyrrole nitrogens is 1. The molecule has 1 amide bonds. The number of aromatic nitrogens is 2. The number of aryl methyl sites for hydroxylation is 2. The number of phenolic OH excluding ortho intramolecular Hbond substituents is 1. The molecule has 0 saturated heterocycles. The lowest BCUT2D eigenvalue weighted by molar-refractivity contribution is 0.0745. The average molecular weight is 600 g/mol. The summed E-state index contributed by atoms with van der Waals surface area (Å²) in [6, 6.07) is 14.8. The number of ether oxygens (including phenoxy) is 4. The lowest BCUT2D eigenvalue weighted by Gasteiger charge is -2.27. The zero-order valence-electron chi connectivity index (χ0n) is 26.3. The zero-order chi connectivity index (χ0) is 31.4. The Morgan fingerprint density at radius 1 is 0.909 bits per heavy atom. The Morgan fingerprint density at radius 2 is 1.64 bits per heavy atom. The highest BCUT2D eigenvalue weighted by Crippen LogP contribution is 2.47. The minimum Gasteiger partial charge on any atom is -0.507 e. The smallest absolute Gasteiger partial charge is 0.273 e. The zero-order valence-corrected chi connectivity index (χ0v) is 26.3. The Labute approximate surface area is 258 Å². The number of benzene rings is 3. The number of methoxy groups -OCH3 is 3. The molecular formula is C35H41N3O6. The van der Waals surface area contributed by atoms with E-state index in [9.17, 15) is 9.90 Å². The van der Waals surface area contributed by atoms with E-state index in [4.69, 9.17) is 18.9 Å². The molecule has 232 valence electrons. The molecular weight excluding hydrogens is 558 g/mol. The molecule has 0 spiro atoms. The van der Waals surface area contributed by atoms with Gasteiger partial charge in [-0.3, -0.25) is 9.89 Å². The third-order valence-corrected chi connectivity index (χ3v) is 8.16. The Morgan fingerprint density at radius 3 is 2.34 bits per heavy atom. The lowest BCUT2D eigenvalue weighted by atomic mass is 9.93. The quantitative estimate of drug-likeness (QED) is 0.163. The number of nitrogens with one attached hydrogen (secondary N) is 1. The molecule has 5 rings (SSSR count). The summed E-state index contributed by atoms with van der Waals surface area (Å²) >= 11 is 0. The number of amides is 1. The van der Waals surface area contributed by atoms with Gasteiger partial charge >= 0.3 is 0 Å². The highest BCUT2D eigenvalue weighted by Gasteiger charge is 2.43. The Kier molecular flexibility index (Phi) is 9.32. The number of aromatic amines is 1. The van der Waals surface area contributed by atoms with Crippen molar-refractivity contribution < 1.29 is 28.8 Å². The second-order valence-electron chi connectivity index (χ2n) is 11.1. The molecule has 0 radical (unpaired) electrons. The predicted molar refractivity (Wildman–Crippen MR) is 169 cm³/mol. The van der Waals surface area contributed by atoms with Crippen LogP contribution >= 0.6 is 0 Å². The molecule has 3 aromatic carbocycles. The first-order valence-electron chi connectivity index (χ1n) is 15.0. The monoisotopic (exact) mass is 599 g/mol. The molecule has 1 aliphatic heterocycles. The Hall–Kier alpha value is -4.66. The van der Waals surface area contributed by atoms with Gasteiger partial charge in [0.2, 0.25) is 0 Å². The Balaban J connectivity index is 1.56. The Bertz CT molecular complexity index is 1620. The number of carbonyl (C=O) groups is 1. The van der Waals surface area contributed by atoms with Crippen LogP contribution in [0.15, 0.2) is 48.5 Å². The molecule has 9 nitrogen and oxygen atoms in total. The fourth-order valence-electron chi connectivity index (χ4n) is 6.01. The summed E-state index contributed by atoms with van der Waals surface area (Å²) in [6.45, 7) is 7.07. The van der Waals surface area contributed by atoms with Crippen LogP contribution in [-0.2, 0) is 6.42 Å². The molecule has 2 N–H and O–H groups in total. The summed E-state index contributed by atoms with van der Waals surface area (Å²) < 4.78 is 22.7. The topological polar surface area (TPSA) is 106 Å². The van der Waals surface area contributed by atoms with E-state index in [0.29, 0.717) is 59.5 Å². The van der Waals surface area contributed by atoms with Crippen molar-refractivity contribution in [2.75, 3.05) is 34.5 Å². The second kappa shape index (κ2) is 13.3. The van der Waals surface area contributed by atoms with Gasteiger partial charge in [-0.1, -0.05) is 38.0 Å². The normalized spacial score (nSPS) is 14.1. The molecule has 44 heavy (non-hydrogen) atoms. The van der Waals surface area contributed by atoms with Crippen molar-refractivity contribution in [3.8, 4) is 40.0 Å². The van der Waals surface area contributed by atoms with E-state index in [1.165, 1.54) is 0 Å². The number of hydrogen-bond acceptors (Lipinski definition) is 7. The molecule has 9 heteroatoms. The lowest BCUT2D eigenvalue weighted by Crippen LogP contribution is -2.31. The minimum absolute atomic E-state index is 0.125. The molecule has 1 atom stereocenters. The first-order valence-corrected chi connectivity index (χ1v) is 15.0. The number of nitrogens with zero attached hydrogens (tertiary/aromatic N) is 2. The number of phenols is 1. The first-order chi connectivity index (χ1) is 21.3. The van der Waals surface area contributed by atoms with Crippen molar-refractivity contribution in [1.29, 1.82) is 0 Å². The van der Waals surface area contributed by atoms with E-state index in [1.807, 2.05) is 61.2 Å². The fourth-order valence-corrected chi connectivity index (χ4v) is 6.01. The summed E-state index contributed by atoms with van der Waals surface area (Å²) in [6.07, 6.45) is 3.75. The number of rotatable bonds is 13. The van der Waals surface area contributed by atoms with Gasteiger partial charge in [0.15, 0.2) is 23.0 Å². The van der Waals surface area contributed by atoms with E-state index < -0.39 is 6.04 Å². The van der Waals surface area contributed by atoms with E-state index >= 15 is 0 Å². The van der Waals surface area contributed by atoms with Crippen LogP contribution < -0.4 is 18.9 Å². The highest BCUT2D eigenvalue weighted by atomic mass is 16.5. The van der Waals surface area contributed by atoms with Crippen LogP contribution in [0, 0.1) is 13.8 Å². The molecule has 1 aromatic heterocycles. The molecule has 0 fully saturated rings. The number of fused-ring (bicyclic) bond motifs is 1. The van der Waals surface area contributed by atoms with Gasteiger partial charge in [-0.15, -0.1) is 0 Å². The number of aromatic hydroxyl groups is 1. The van der Waals surface area contributed by atoms with Crippen molar-refractivity contribution in [3.63, 3.8) is 0 Å². The fraction of sp³-hybridized carbons (Fsp3) is 0.371. The van der Waals surface area contributed by atoms with Crippen molar-refractivity contribution in [2.45, 2.75) is 52.5 Å².